The van der Waals surface area contributed by atoms with Crippen LogP contribution < -0.4 is 21.3 Å². The first-order valence-corrected chi connectivity index (χ1v) is 9.11. The van der Waals surface area contributed by atoms with E-state index >= 15 is 0 Å². The number of hydrogen-bond acceptors (Lipinski definition) is 2. The van der Waals surface area contributed by atoms with Crippen molar-refractivity contribution >= 4 is 23.4 Å². The Morgan fingerprint density at radius 1 is 0.920 bits per heavy atom. The van der Waals surface area contributed by atoms with Gasteiger partial charge in [-0.2, -0.15) is 0 Å². The van der Waals surface area contributed by atoms with Crippen molar-refractivity contribution in [3.05, 3.63) is 23.8 Å². The van der Waals surface area contributed by atoms with Crippen LogP contribution in [0, 0.1) is 6.92 Å². The Labute approximate surface area is 151 Å². The van der Waals surface area contributed by atoms with Crippen molar-refractivity contribution < 1.29 is 9.59 Å². The molecule has 0 radical (unpaired) electrons. The van der Waals surface area contributed by atoms with E-state index in [4.69, 9.17) is 0 Å². The minimum atomic E-state index is -0.239. The van der Waals surface area contributed by atoms with Crippen molar-refractivity contribution in [3.63, 3.8) is 0 Å². The lowest BCUT2D eigenvalue weighted by molar-refractivity contribution is 0.248. The molecule has 0 aliphatic rings. The molecule has 0 saturated carbocycles. The highest BCUT2D eigenvalue weighted by atomic mass is 16.2. The normalized spacial score (nSPS) is 12.8. The largest absolute Gasteiger partial charge is 0.335 e. The average Bonchev–Trinajstić information content (AvgIpc) is 2.50. The summed E-state index contributed by atoms with van der Waals surface area (Å²) in [5, 5.41) is 11.5. The summed E-state index contributed by atoms with van der Waals surface area (Å²) in [5.74, 6) is 0. The number of benzene rings is 1. The predicted molar refractivity (Wildman–Crippen MR) is 104 cm³/mol. The van der Waals surface area contributed by atoms with Gasteiger partial charge in [0, 0.05) is 23.5 Å². The molecule has 0 fully saturated rings. The average molecular weight is 348 g/mol. The monoisotopic (exact) mass is 348 g/mol. The van der Waals surface area contributed by atoms with Crippen LogP contribution in [0.2, 0.25) is 0 Å². The number of aryl methyl sites for hydroxylation is 1. The van der Waals surface area contributed by atoms with E-state index < -0.39 is 0 Å². The second kappa shape index (κ2) is 10.6. The molecule has 0 aliphatic carbocycles. The van der Waals surface area contributed by atoms with Gasteiger partial charge < -0.3 is 21.3 Å². The van der Waals surface area contributed by atoms with E-state index in [1.807, 2.05) is 32.9 Å². The number of nitrogens with one attached hydrogen (secondary N) is 4. The molecule has 0 spiro atoms. The fourth-order valence-electron chi connectivity index (χ4n) is 2.62. The lowest BCUT2D eigenvalue weighted by atomic mass is 10.1. The molecule has 2 unspecified atom stereocenters. The van der Waals surface area contributed by atoms with Crippen LogP contribution in [0.4, 0.5) is 21.0 Å². The Hall–Kier alpha value is -2.24. The summed E-state index contributed by atoms with van der Waals surface area (Å²) in [5.41, 5.74) is 2.26. The Kier molecular flexibility index (Phi) is 8.81. The maximum Gasteiger partial charge on any atom is 0.319 e. The van der Waals surface area contributed by atoms with E-state index in [0.717, 1.165) is 31.2 Å². The van der Waals surface area contributed by atoms with Crippen LogP contribution in [0.5, 0.6) is 0 Å². The van der Waals surface area contributed by atoms with E-state index in [1.165, 1.54) is 0 Å². The quantitative estimate of drug-likeness (QED) is 0.553. The number of urea groups is 2. The molecular formula is C19H32N4O2. The van der Waals surface area contributed by atoms with Gasteiger partial charge in [-0.25, -0.2) is 9.59 Å². The van der Waals surface area contributed by atoms with E-state index in [0.29, 0.717) is 11.4 Å². The molecule has 6 nitrogen and oxygen atoms in total. The number of anilines is 2. The zero-order chi connectivity index (χ0) is 18.8. The predicted octanol–water partition coefficient (Wildman–Crippen LogP) is 4.62. The SMILES string of the molecule is CCCC(C)NC(=O)Nc1ccc(C)c(NC(=O)NC(C)CCC)c1. The van der Waals surface area contributed by atoms with Gasteiger partial charge >= 0.3 is 12.1 Å². The molecule has 0 aromatic heterocycles. The Balaban J connectivity index is 2.66. The number of carbonyl (C=O) groups is 2. The van der Waals surface area contributed by atoms with E-state index in [2.05, 4.69) is 35.1 Å². The molecule has 0 heterocycles. The van der Waals surface area contributed by atoms with E-state index in [1.54, 1.807) is 6.07 Å². The van der Waals surface area contributed by atoms with Crippen LogP contribution in [0.1, 0.15) is 58.9 Å². The lowest BCUT2D eigenvalue weighted by Gasteiger charge is -2.16. The van der Waals surface area contributed by atoms with Crippen LogP contribution in [0.25, 0.3) is 0 Å². The summed E-state index contributed by atoms with van der Waals surface area (Å²) in [6.45, 7) is 10.0. The van der Waals surface area contributed by atoms with E-state index in [9.17, 15) is 9.59 Å². The van der Waals surface area contributed by atoms with Crippen LogP contribution >= 0.6 is 0 Å². The minimum absolute atomic E-state index is 0.123. The summed E-state index contributed by atoms with van der Waals surface area (Å²) in [6, 6.07) is 5.23. The van der Waals surface area contributed by atoms with Crippen LogP contribution in [0.3, 0.4) is 0 Å². The summed E-state index contributed by atoms with van der Waals surface area (Å²) >= 11 is 0. The molecule has 2 atom stereocenters. The van der Waals surface area contributed by atoms with Gasteiger partial charge in [0.1, 0.15) is 0 Å². The molecule has 4 amide bonds. The minimum Gasteiger partial charge on any atom is -0.335 e. The third kappa shape index (κ3) is 7.92. The van der Waals surface area contributed by atoms with Gasteiger partial charge in [-0.05, 0) is 51.3 Å². The third-order valence-corrected chi connectivity index (χ3v) is 3.94. The summed E-state index contributed by atoms with van der Waals surface area (Å²) in [4.78, 5) is 24.1. The van der Waals surface area contributed by atoms with Crippen LogP contribution in [-0.2, 0) is 0 Å². The van der Waals surface area contributed by atoms with Crippen LogP contribution in [-0.4, -0.2) is 24.1 Å². The van der Waals surface area contributed by atoms with Gasteiger partial charge in [-0.1, -0.05) is 32.8 Å². The molecule has 0 bridgehead atoms. The molecule has 1 rings (SSSR count). The van der Waals surface area contributed by atoms with Gasteiger partial charge in [0.25, 0.3) is 0 Å². The lowest BCUT2D eigenvalue weighted by Crippen LogP contribution is -2.36. The van der Waals surface area contributed by atoms with Gasteiger partial charge in [0.15, 0.2) is 0 Å². The number of hydrogen-bond donors (Lipinski definition) is 4. The van der Waals surface area contributed by atoms with Gasteiger partial charge in [0.2, 0.25) is 0 Å². The molecule has 0 aliphatic heterocycles. The zero-order valence-corrected chi connectivity index (χ0v) is 16.0. The Morgan fingerprint density at radius 2 is 1.44 bits per heavy atom. The number of amides is 4. The van der Waals surface area contributed by atoms with Crippen molar-refractivity contribution in [1.82, 2.24) is 10.6 Å². The number of rotatable bonds is 8. The Morgan fingerprint density at radius 3 is 1.96 bits per heavy atom. The zero-order valence-electron chi connectivity index (χ0n) is 16.0. The Bertz CT molecular complexity index is 575. The fourth-order valence-corrected chi connectivity index (χ4v) is 2.62. The third-order valence-electron chi connectivity index (χ3n) is 3.94. The molecule has 1 aromatic rings. The molecule has 140 valence electrons. The summed E-state index contributed by atoms with van der Waals surface area (Å²) in [6.07, 6.45) is 3.91. The molecule has 25 heavy (non-hydrogen) atoms. The second-order valence-corrected chi connectivity index (χ2v) is 6.61. The molecule has 0 saturated heterocycles. The first kappa shape index (κ1) is 20.8. The fraction of sp³-hybridized carbons (Fsp3) is 0.579. The highest BCUT2D eigenvalue weighted by molar-refractivity contribution is 5.93. The van der Waals surface area contributed by atoms with Crippen molar-refractivity contribution in [2.45, 2.75) is 72.4 Å². The van der Waals surface area contributed by atoms with Crippen LogP contribution in [0.15, 0.2) is 18.2 Å². The van der Waals surface area contributed by atoms with Gasteiger partial charge in [0.05, 0.1) is 0 Å². The molecule has 4 N–H and O–H groups in total. The van der Waals surface area contributed by atoms with E-state index in [-0.39, 0.29) is 24.1 Å². The summed E-state index contributed by atoms with van der Waals surface area (Å²) in [7, 11) is 0. The summed E-state index contributed by atoms with van der Waals surface area (Å²) < 4.78 is 0. The van der Waals surface area contributed by atoms with Gasteiger partial charge in [-0.3, -0.25) is 0 Å². The number of carbonyl (C=O) groups excluding carboxylic acids is 2. The van der Waals surface area contributed by atoms with Gasteiger partial charge in [-0.15, -0.1) is 0 Å². The highest BCUT2D eigenvalue weighted by Crippen LogP contribution is 2.20. The van der Waals surface area contributed by atoms with Crippen molar-refractivity contribution in [3.8, 4) is 0 Å². The standard InChI is InChI=1S/C19H32N4O2/c1-6-8-14(4)20-18(24)22-16-11-10-13(3)17(12-16)23-19(25)21-15(5)9-7-2/h10-12,14-15H,6-9H2,1-5H3,(H2,20,22,24)(H2,21,23,25). The molecule has 1 aromatic carbocycles. The second-order valence-electron chi connectivity index (χ2n) is 6.61. The topological polar surface area (TPSA) is 82.3 Å². The van der Waals surface area contributed by atoms with Crippen molar-refractivity contribution in [2.75, 3.05) is 10.6 Å². The maximum absolute atomic E-state index is 12.1. The first-order chi connectivity index (χ1) is 11.8. The smallest absolute Gasteiger partial charge is 0.319 e. The molecule has 6 heteroatoms. The van der Waals surface area contributed by atoms with Crippen molar-refractivity contribution in [1.29, 1.82) is 0 Å². The molecular weight excluding hydrogens is 316 g/mol. The maximum atomic E-state index is 12.1. The highest BCUT2D eigenvalue weighted by Gasteiger charge is 2.10. The first-order valence-electron chi connectivity index (χ1n) is 9.11. The van der Waals surface area contributed by atoms with Crippen molar-refractivity contribution in [2.24, 2.45) is 0 Å².